The van der Waals surface area contributed by atoms with Crippen molar-refractivity contribution in [3.8, 4) is 5.75 Å². The van der Waals surface area contributed by atoms with Crippen molar-refractivity contribution >= 4 is 27.5 Å². The first kappa shape index (κ1) is 26.4. The monoisotopic (exact) mass is 497 g/mol. The third-order valence-electron chi connectivity index (χ3n) is 6.54. The average molecular weight is 498 g/mol. The summed E-state index contributed by atoms with van der Waals surface area (Å²) in [6.07, 6.45) is 1.75. The maximum Gasteiger partial charge on any atom is 0.258 e. The van der Waals surface area contributed by atoms with Crippen molar-refractivity contribution in [2.45, 2.75) is 38.8 Å². The SMILES string of the molecule is C[C@@H]1CN([C@H](C)CO)C(=O)c2cccc(NC(=O)C3CCOCC3)c2O[C@H]1CN(C)S(C)(=O)=O. The second-order valence-electron chi connectivity index (χ2n) is 9.22. The van der Waals surface area contributed by atoms with Crippen LogP contribution in [0.5, 0.6) is 5.75 Å². The van der Waals surface area contributed by atoms with Gasteiger partial charge in [0.05, 0.1) is 36.7 Å². The molecule has 2 heterocycles. The number of hydrogen-bond donors (Lipinski definition) is 2. The zero-order valence-electron chi connectivity index (χ0n) is 20.2. The summed E-state index contributed by atoms with van der Waals surface area (Å²) < 4.78 is 37.0. The summed E-state index contributed by atoms with van der Waals surface area (Å²) in [6.45, 7) is 4.79. The van der Waals surface area contributed by atoms with Crippen molar-refractivity contribution in [3.05, 3.63) is 23.8 Å². The summed E-state index contributed by atoms with van der Waals surface area (Å²) in [4.78, 5) is 28.0. The van der Waals surface area contributed by atoms with Crippen LogP contribution in [-0.2, 0) is 19.6 Å². The minimum Gasteiger partial charge on any atom is -0.486 e. The van der Waals surface area contributed by atoms with E-state index in [9.17, 15) is 23.1 Å². The van der Waals surface area contributed by atoms with E-state index in [2.05, 4.69) is 5.32 Å². The highest BCUT2D eigenvalue weighted by Crippen LogP contribution is 2.35. The number of benzene rings is 1. The Morgan fingerprint density at radius 2 is 2.00 bits per heavy atom. The molecule has 190 valence electrons. The second-order valence-corrected chi connectivity index (χ2v) is 11.3. The Bertz CT molecular complexity index is 994. The van der Waals surface area contributed by atoms with E-state index in [0.717, 1.165) is 6.26 Å². The molecule has 0 bridgehead atoms. The third kappa shape index (κ3) is 6.07. The number of carbonyl (C=O) groups is 2. The molecule has 0 spiro atoms. The van der Waals surface area contributed by atoms with Crippen LogP contribution in [0.1, 0.15) is 37.0 Å². The molecular formula is C23H35N3O7S. The van der Waals surface area contributed by atoms with Crippen LogP contribution >= 0.6 is 0 Å². The summed E-state index contributed by atoms with van der Waals surface area (Å²) in [5, 5.41) is 12.7. The number of nitrogens with one attached hydrogen (secondary N) is 1. The lowest BCUT2D eigenvalue weighted by Gasteiger charge is -2.38. The minimum absolute atomic E-state index is 0.0667. The van der Waals surface area contributed by atoms with E-state index in [-0.39, 0.29) is 54.7 Å². The molecular weight excluding hydrogens is 462 g/mol. The van der Waals surface area contributed by atoms with Gasteiger partial charge < -0.3 is 24.8 Å². The summed E-state index contributed by atoms with van der Waals surface area (Å²) in [5.74, 6) is -0.740. The number of amides is 2. The van der Waals surface area contributed by atoms with Crippen LogP contribution in [0.15, 0.2) is 18.2 Å². The molecule has 2 amide bonds. The van der Waals surface area contributed by atoms with Gasteiger partial charge in [0.2, 0.25) is 15.9 Å². The molecule has 3 rings (SSSR count). The highest BCUT2D eigenvalue weighted by molar-refractivity contribution is 7.88. The van der Waals surface area contributed by atoms with Gasteiger partial charge in [0, 0.05) is 38.6 Å². The Morgan fingerprint density at radius 1 is 1.32 bits per heavy atom. The van der Waals surface area contributed by atoms with E-state index in [1.54, 1.807) is 30.0 Å². The van der Waals surface area contributed by atoms with Gasteiger partial charge in [0.1, 0.15) is 6.10 Å². The van der Waals surface area contributed by atoms with E-state index >= 15 is 0 Å². The largest absolute Gasteiger partial charge is 0.486 e. The van der Waals surface area contributed by atoms with Gasteiger partial charge in [-0.15, -0.1) is 0 Å². The van der Waals surface area contributed by atoms with Gasteiger partial charge >= 0.3 is 0 Å². The highest BCUT2D eigenvalue weighted by Gasteiger charge is 2.35. The van der Waals surface area contributed by atoms with Gasteiger partial charge in [-0.1, -0.05) is 13.0 Å². The van der Waals surface area contributed by atoms with Crippen LogP contribution in [0, 0.1) is 11.8 Å². The Morgan fingerprint density at radius 3 is 2.62 bits per heavy atom. The number of aliphatic hydroxyl groups excluding tert-OH is 1. The van der Waals surface area contributed by atoms with E-state index in [0.29, 0.717) is 31.7 Å². The van der Waals surface area contributed by atoms with Crippen molar-refractivity contribution < 1.29 is 32.6 Å². The van der Waals surface area contributed by atoms with Crippen molar-refractivity contribution in [3.63, 3.8) is 0 Å². The fourth-order valence-corrected chi connectivity index (χ4v) is 4.56. The van der Waals surface area contributed by atoms with Crippen molar-refractivity contribution in [1.29, 1.82) is 0 Å². The van der Waals surface area contributed by atoms with Crippen molar-refractivity contribution in [2.75, 3.05) is 51.5 Å². The predicted molar refractivity (Wildman–Crippen MR) is 127 cm³/mol. The molecule has 1 aromatic carbocycles. The number of anilines is 1. The first-order valence-corrected chi connectivity index (χ1v) is 13.4. The minimum atomic E-state index is -3.46. The molecule has 1 aromatic rings. The topological polar surface area (TPSA) is 125 Å². The molecule has 2 aliphatic rings. The van der Waals surface area contributed by atoms with E-state index in [1.807, 2.05) is 6.92 Å². The van der Waals surface area contributed by atoms with E-state index in [1.165, 1.54) is 11.4 Å². The Labute approximate surface area is 201 Å². The summed E-state index contributed by atoms with van der Waals surface area (Å²) in [5.41, 5.74) is 0.615. The molecule has 2 aliphatic heterocycles. The number of fused-ring (bicyclic) bond motifs is 1. The normalized spacial score (nSPS) is 23.0. The van der Waals surface area contributed by atoms with Crippen LogP contribution in [0.25, 0.3) is 0 Å². The van der Waals surface area contributed by atoms with Crippen LogP contribution in [-0.4, -0.2) is 92.9 Å². The highest BCUT2D eigenvalue weighted by atomic mass is 32.2. The maximum absolute atomic E-state index is 13.5. The van der Waals surface area contributed by atoms with Crippen LogP contribution < -0.4 is 10.1 Å². The molecule has 0 aromatic heterocycles. The molecule has 11 heteroatoms. The number of carbonyl (C=O) groups excluding carboxylic acids is 2. The molecule has 34 heavy (non-hydrogen) atoms. The number of para-hydroxylation sites is 1. The van der Waals surface area contributed by atoms with Crippen LogP contribution in [0.2, 0.25) is 0 Å². The number of rotatable bonds is 7. The summed E-state index contributed by atoms with van der Waals surface area (Å²) in [6, 6.07) is 4.51. The lowest BCUT2D eigenvalue weighted by Crippen LogP contribution is -2.50. The van der Waals surface area contributed by atoms with Gasteiger partial charge in [-0.25, -0.2) is 12.7 Å². The predicted octanol–water partition coefficient (Wildman–Crippen LogP) is 1.16. The Balaban J connectivity index is 2.00. The average Bonchev–Trinajstić information content (AvgIpc) is 2.81. The van der Waals surface area contributed by atoms with Gasteiger partial charge in [0.15, 0.2) is 5.75 Å². The number of nitrogens with zero attached hydrogens (tertiary/aromatic N) is 2. The van der Waals surface area contributed by atoms with Crippen LogP contribution in [0.3, 0.4) is 0 Å². The lowest BCUT2D eigenvalue weighted by molar-refractivity contribution is -0.122. The smallest absolute Gasteiger partial charge is 0.258 e. The fraction of sp³-hybridized carbons (Fsp3) is 0.652. The van der Waals surface area contributed by atoms with Gasteiger partial charge in [-0.2, -0.15) is 0 Å². The van der Waals surface area contributed by atoms with Gasteiger partial charge in [0.25, 0.3) is 5.91 Å². The number of hydrogen-bond acceptors (Lipinski definition) is 7. The Hall–Kier alpha value is -2.21. The molecule has 0 radical (unpaired) electrons. The molecule has 2 N–H and O–H groups in total. The molecule has 10 nitrogen and oxygen atoms in total. The maximum atomic E-state index is 13.5. The number of sulfonamides is 1. The zero-order valence-corrected chi connectivity index (χ0v) is 21.0. The van der Waals surface area contributed by atoms with Crippen molar-refractivity contribution in [2.24, 2.45) is 11.8 Å². The standard InChI is InChI=1S/C23H35N3O7S/c1-15-12-26(16(2)14-27)23(29)18-6-5-7-19(24-22(28)17-8-10-32-11-9-17)21(18)33-20(15)13-25(3)34(4,30)31/h5-7,15-17,20,27H,8-14H2,1-4H3,(H,24,28)/t15-,16-,20+/m1/s1. The number of aliphatic hydroxyl groups is 1. The van der Waals surface area contributed by atoms with Gasteiger partial charge in [-0.05, 0) is 31.9 Å². The summed E-state index contributed by atoms with van der Waals surface area (Å²) >= 11 is 0. The number of likely N-dealkylation sites (N-methyl/N-ethyl adjacent to an activating group) is 1. The van der Waals surface area contributed by atoms with Crippen molar-refractivity contribution in [1.82, 2.24) is 9.21 Å². The molecule has 0 saturated carbocycles. The molecule has 1 saturated heterocycles. The fourth-order valence-electron chi connectivity index (χ4n) is 4.14. The molecule has 1 fully saturated rings. The number of ether oxygens (including phenoxy) is 2. The first-order valence-electron chi connectivity index (χ1n) is 11.5. The lowest BCUT2D eigenvalue weighted by atomic mass is 9.98. The third-order valence-corrected chi connectivity index (χ3v) is 7.83. The first-order chi connectivity index (χ1) is 16.0. The van der Waals surface area contributed by atoms with E-state index in [4.69, 9.17) is 9.47 Å². The zero-order chi connectivity index (χ0) is 25.0. The summed E-state index contributed by atoms with van der Waals surface area (Å²) in [7, 11) is -1.99. The van der Waals surface area contributed by atoms with Crippen LogP contribution in [0.4, 0.5) is 5.69 Å². The molecule has 0 unspecified atom stereocenters. The molecule has 3 atom stereocenters. The quantitative estimate of drug-likeness (QED) is 0.579. The Kier molecular flexibility index (Phi) is 8.56. The van der Waals surface area contributed by atoms with Gasteiger partial charge in [-0.3, -0.25) is 9.59 Å². The molecule has 0 aliphatic carbocycles. The van der Waals surface area contributed by atoms with E-state index < -0.39 is 22.2 Å². The second kappa shape index (κ2) is 11.0.